The van der Waals surface area contributed by atoms with Crippen LogP contribution in [-0.2, 0) is 14.4 Å². The van der Waals surface area contributed by atoms with Crippen molar-refractivity contribution in [3.63, 3.8) is 0 Å². The summed E-state index contributed by atoms with van der Waals surface area (Å²) in [6.07, 6.45) is 6.90. The minimum Gasteiger partial charge on any atom is -0.481 e. The number of aliphatic hydroxyl groups excluding tert-OH is 1. The lowest BCUT2D eigenvalue weighted by atomic mass is 9.50. The molecule has 8 atom stereocenters. The first-order valence-electron chi connectivity index (χ1n) is 11.0. The van der Waals surface area contributed by atoms with E-state index in [2.05, 4.69) is 13.8 Å². The van der Waals surface area contributed by atoms with E-state index in [1.54, 1.807) is 0 Å². The summed E-state index contributed by atoms with van der Waals surface area (Å²) in [6, 6.07) is 0. The molecular weight excluding hydrogens is 356 g/mol. The number of hydrogen-bond acceptors (Lipinski definition) is 4. The molecule has 0 aromatic carbocycles. The van der Waals surface area contributed by atoms with Crippen molar-refractivity contribution in [2.24, 2.45) is 40.4 Å². The molecule has 3 fully saturated rings. The molecule has 0 aliphatic heterocycles. The molecule has 3 rings (SSSR count). The van der Waals surface area contributed by atoms with Crippen LogP contribution in [0.15, 0.2) is 0 Å². The van der Waals surface area contributed by atoms with Gasteiger partial charge in [0.15, 0.2) is 0 Å². The lowest BCUT2D eigenvalue weighted by Gasteiger charge is -2.53. The van der Waals surface area contributed by atoms with Crippen LogP contribution in [0.4, 0.5) is 0 Å². The van der Waals surface area contributed by atoms with Gasteiger partial charge in [-0.3, -0.25) is 9.59 Å². The number of carbonyl (C=O) groups is 3. The van der Waals surface area contributed by atoms with Crippen LogP contribution in [0.3, 0.4) is 0 Å². The molecule has 0 bridgehead atoms. The van der Waals surface area contributed by atoms with Gasteiger partial charge in [0.2, 0.25) is 0 Å². The molecule has 0 amide bonds. The molecule has 0 spiro atoms. The molecule has 28 heavy (non-hydrogen) atoms. The minimum atomic E-state index is -0.744. The number of rotatable bonds is 6. The zero-order valence-electron chi connectivity index (χ0n) is 17.5. The molecule has 0 saturated heterocycles. The van der Waals surface area contributed by atoms with E-state index in [-0.39, 0.29) is 41.8 Å². The van der Waals surface area contributed by atoms with Crippen molar-refractivity contribution in [1.82, 2.24) is 0 Å². The fourth-order valence-electron chi connectivity index (χ4n) is 7.20. The van der Waals surface area contributed by atoms with Crippen LogP contribution in [0.1, 0.15) is 78.6 Å². The summed E-state index contributed by atoms with van der Waals surface area (Å²) in [6.45, 7) is 6.48. The molecule has 2 N–H and O–H groups in total. The van der Waals surface area contributed by atoms with E-state index >= 15 is 0 Å². The fraction of sp³-hybridized carbons (Fsp3) is 0.870. The Morgan fingerprint density at radius 3 is 2.50 bits per heavy atom. The molecule has 5 nitrogen and oxygen atoms in total. The van der Waals surface area contributed by atoms with Gasteiger partial charge in [-0.15, -0.1) is 0 Å². The quantitative estimate of drug-likeness (QED) is 0.670. The van der Waals surface area contributed by atoms with Gasteiger partial charge in [0, 0.05) is 24.2 Å². The van der Waals surface area contributed by atoms with E-state index in [0.717, 1.165) is 32.0 Å². The molecule has 158 valence electrons. The first-order chi connectivity index (χ1) is 13.1. The number of fused-ring (bicyclic) bond motifs is 1. The van der Waals surface area contributed by atoms with Crippen LogP contribution in [0.25, 0.3) is 0 Å². The van der Waals surface area contributed by atoms with Gasteiger partial charge in [-0.05, 0) is 74.0 Å². The number of aldehydes is 1. The van der Waals surface area contributed by atoms with Crippen molar-refractivity contribution >= 4 is 18.0 Å². The van der Waals surface area contributed by atoms with Crippen molar-refractivity contribution in [3.05, 3.63) is 0 Å². The molecule has 0 aromatic rings. The average molecular weight is 393 g/mol. The molecule has 3 saturated carbocycles. The number of aliphatic carboxylic acids is 1. The molecule has 5 heteroatoms. The number of aliphatic hydroxyl groups is 1. The molecular formula is C23H36O5. The van der Waals surface area contributed by atoms with Crippen LogP contribution in [0.2, 0.25) is 0 Å². The third-order valence-corrected chi connectivity index (χ3v) is 8.94. The topological polar surface area (TPSA) is 91.7 Å². The number of Topliss-reactive ketones (excluding diaryl/α,β-unsaturated/α-hetero) is 1. The molecule has 3 aliphatic rings. The Balaban J connectivity index is 1.80. The van der Waals surface area contributed by atoms with Crippen molar-refractivity contribution in [1.29, 1.82) is 0 Å². The highest BCUT2D eigenvalue weighted by atomic mass is 16.4. The normalized spacial score (nSPS) is 44.7. The summed E-state index contributed by atoms with van der Waals surface area (Å²) in [5.41, 5.74) is -0.452. The predicted molar refractivity (Wildman–Crippen MR) is 106 cm³/mol. The van der Waals surface area contributed by atoms with E-state index in [1.807, 2.05) is 6.92 Å². The standard InChI is InChI=1S/C23H36O5/c1-14(4-7-21(27)28)17-5-6-18-16(13-24)19(9-11-22(17,18)2)23(3)10-8-15(25)12-20(23)26/h13-19,25H,4-12H2,1-3H3,(H,27,28)/t14-,15+,16?,17-,18?,19?,22-,23?/m1/s1. The highest BCUT2D eigenvalue weighted by Crippen LogP contribution is 2.63. The second-order valence-electron chi connectivity index (χ2n) is 10.3. The molecule has 0 radical (unpaired) electrons. The third kappa shape index (κ3) is 3.55. The van der Waals surface area contributed by atoms with Crippen LogP contribution in [-0.4, -0.2) is 34.4 Å². The monoisotopic (exact) mass is 392 g/mol. The van der Waals surface area contributed by atoms with Gasteiger partial charge in [0.05, 0.1) is 6.10 Å². The number of carboxylic acid groups (broad SMARTS) is 1. The van der Waals surface area contributed by atoms with Gasteiger partial charge in [0.25, 0.3) is 0 Å². The maximum absolute atomic E-state index is 12.8. The summed E-state index contributed by atoms with van der Waals surface area (Å²) in [4.78, 5) is 36.1. The van der Waals surface area contributed by atoms with Gasteiger partial charge in [0.1, 0.15) is 12.1 Å². The Kier molecular flexibility index (Phi) is 6.05. The van der Waals surface area contributed by atoms with Crippen LogP contribution < -0.4 is 0 Å². The summed E-state index contributed by atoms with van der Waals surface area (Å²) in [5.74, 6) is 0.380. The molecule has 3 aliphatic carbocycles. The number of carbonyl (C=O) groups excluding carboxylic acids is 2. The highest BCUT2D eigenvalue weighted by Gasteiger charge is 2.59. The maximum atomic E-state index is 12.8. The summed E-state index contributed by atoms with van der Waals surface area (Å²) < 4.78 is 0. The average Bonchev–Trinajstić information content (AvgIpc) is 2.99. The third-order valence-electron chi connectivity index (χ3n) is 8.94. The van der Waals surface area contributed by atoms with Gasteiger partial charge < -0.3 is 15.0 Å². The Bertz CT molecular complexity index is 630. The van der Waals surface area contributed by atoms with Gasteiger partial charge in [-0.1, -0.05) is 20.8 Å². The Labute approximate surface area is 168 Å². The van der Waals surface area contributed by atoms with E-state index in [4.69, 9.17) is 5.11 Å². The van der Waals surface area contributed by atoms with Gasteiger partial charge >= 0.3 is 5.97 Å². The Hall–Kier alpha value is -1.23. The van der Waals surface area contributed by atoms with Crippen molar-refractivity contribution in [2.75, 3.05) is 0 Å². The smallest absolute Gasteiger partial charge is 0.303 e. The second-order valence-corrected chi connectivity index (χ2v) is 10.3. The Morgan fingerprint density at radius 2 is 1.89 bits per heavy atom. The zero-order valence-corrected chi connectivity index (χ0v) is 17.5. The van der Waals surface area contributed by atoms with Crippen LogP contribution >= 0.6 is 0 Å². The van der Waals surface area contributed by atoms with E-state index < -0.39 is 17.5 Å². The van der Waals surface area contributed by atoms with Crippen molar-refractivity contribution < 1.29 is 24.6 Å². The first kappa shape index (κ1) is 21.5. The summed E-state index contributed by atoms with van der Waals surface area (Å²) in [5, 5.41) is 18.9. The number of hydrogen-bond donors (Lipinski definition) is 2. The number of ketones is 1. The minimum absolute atomic E-state index is 0.0492. The molecule has 0 aromatic heterocycles. The van der Waals surface area contributed by atoms with Crippen molar-refractivity contribution in [2.45, 2.75) is 84.7 Å². The lowest BCUT2D eigenvalue weighted by molar-refractivity contribution is -0.147. The van der Waals surface area contributed by atoms with Crippen LogP contribution in [0.5, 0.6) is 0 Å². The summed E-state index contributed by atoms with van der Waals surface area (Å²) in [7, 11) is 0. The SMILES string of the molecule is C[C@H](CCC(=O)O)[C@H]1CCC2C(C=O)C(C3(C)CC[C@H](O)CC3=O)CC[C@@]21C. The van der Waals surface area contributed by atoms with Gasteiger partial charge in [-0.25, -0.2) is 0 Å². The maximum Gasteiger partial charge on any atom is 0.303 e. The van der Waals surface area contributed by atoms with E-state index in [0.29, 0.717) is 31.1 Å². The lowest BCUT2D eigenvalue weighted by Crippen LogP contribution is -2.52. The van der Waals surface area contributed by atoms with E-state index in [1.165, 1.54) is 0 Å². The predicted octanol–water partition coefficient (Wildman–Crippen LogP) is 3.87. The van der Waals surface area contributed by atoms with Crippen LogP contribution in [0, 0.1) is 40.4 Å². The van der Waals surface area contributed by atoms with Gasteiger partial charge in [-0.2, -0.15) is 0 Å². The first-order valence-corrected chi connectivity index (χ1v) is 11.0. The molecule has 0 heterocycles. The second kappa shape index (κ2) is 7.89. The molecule has 4 unspecified atom stereocenters. The highest BCUT2D eigenvalue weighted by molar-refractivity contribution is 5.86. The zero-order chi connectivity index (χ0) is 20.7. The number of carboxylic acids is 1. The Morgan fingerprint density at radius 1 is 1.18 bits per heavy atom. The largest absolute Gasteiger partial charge is 0.481 e. The van der Waals surface area contributed by atoms with E-state index in [9.17, 15) is 19.5 Å². The summed E-state index contributed by atoms with van der Waals surface area (Å²) >= 11 is 0. The van der Waals surface area contributed by atoms with Crippen molar-refractivity contribution in [3.8, 4) is 0 Å². The fourth-order valence-corrected chi connectivity index (χ4v) is 7.20.